The van der Waals surface area contributed by atoms with Gasteiger partial charge in [-0.05, 0) is 12.0 Å². The molecule has 1 rings (SSSR count). The molecule has 0 saturated carbocycles. The third-order valence-electron chi connectivity index (χ3n) is 3.81. The zero-order valence-electron chi connectivity index (χ0n) is 14.2. The molecule has 4 N–H and O–H groups in total. The molecule has 0 amide bonds. The minimum atomic E-state index is 0. The van der Waals surface area contributed by atoms with E-state index in [0.29, 0.717) is 12.5 Å². The number of nitrogens with zero attached hydrogens (tertiary/aromatic N) is 1. The number of hydrogen-bond donors (Lipinski definition) is 3. The molecule has 1 unspecified atom stereocenters. The summed E-state index contributed by atoms with van der Waals surface area (Å²) in [6, 6.07) is 9.94. The number of rotatable bonds is 11. The largest absolute Gasteiger partial charge is 0.396 e. The number of aliphatic hydroxyl groups is 1. The van der Waals surface area contributed by atoms with E-state index in [4.69, 9.17) is 5.73 Å². The summed E-state index contributed by atoms with van der Waals surface area (Å²) in [6.07, 6.45) is 7.61. The summed E-state index contributed by atoms with van der Waals surface area (Å²) in [5.74, 6) is 0.485. The van der Waals surface area contributed by atoms with E-state index in [9.17, 15) is 5.11 Å². The number of aliphatic hydroxyl groups excluding tert-OH is 1. The smallest absolute Gasteiger partial charge is 0.188 e. The van der Waals surface area contributed by atoms with Crippen LogP contribution >= 0.6 is 24.0 Å². The summed E-state index contributed by atoms with van der Waals surface area (Å²) in [6.45, 7) is 3.69. The van der Waals surface area contributed by atoms with Gasteiger partial charge in [0.25, 0.3) is 0 Å². The Hall–Kier alpha value is -0.820. The lowest BCUT2D eigenvalue weighted by Crippen LogP contribution is -2.33. The maximum atomic E-state index is 9.48. The van der Waals surface area contributed by atoms with Gasteiger partial charge < -0.3 is 16.2 Å². The fourth-order valence-corrected chi connectivity index (χ4v) is 2.38. The van der Waals surface area contributed by atoms with Crippen molar-refractivity contribution in [3.63, 3.8) is 0 Å². The third kappa shape index (κ3) is 10.5. The Morgan fingerprint density at radius 3 is 2.43 bits per heavy atom. The van der Waals surface area contributed by atoms with Crippen LogP contribution < -0.4 is 11.1 Å². The van der Waals surface area contributed by atoms with Gasteiger partial charge in [-0.15, -0.1) is 24.0 Å². The Balaban J connectivity index is 0.00000484. The molecule has 0 saturated heterocycles. The Morgan fingerprint density at radius 2 is 1.78 bits per heavy atom. The van der Waals surface area contributed by atoms with Gasteiger partial charge in [0.05, 0.1) is 13.2 Å². The monoisotopic (exact) mass is 433 g/mol. The molecule has 1 atom stereocenters. The van der Waals surface area contributed by atoms with Crippen LogP contribution in [-0.4, -0.2) is 30.8 Å². The number of hydrogen-bond acceptors (Lipinski definition) is 2. The Morgan fingerprint density at radius 1 is 1.13 bits per heavy atom. The van der Waals surface area contributed by atoms with Crippen molar-refractivity contribution in [1.29, 1.82) is 0 Å². The average molecular weight is 433 g/mol. The minimum Gasteiger partial charge on any atom is -0.396 e. The number of nitrogens with one attached hydrogen (secondary N) is 1. The van der Waals surface area contributed by atoms with Crippen LogP contribution in [0.25, 0.3) is 0 Å². The van der Waals surface area contributed by atoms with Crippen LogP contribution in [0, 0.1) is 0 Å². The molecule has 0 radical (unpaired) electrons. The maximum Gasteiger partial charge on any atom is 0.188 e. The molecule has 0 aliphatic carbocycles. The zero-order valence-corrected chi connectivity index (χ0v) is 16.5. The van der Waals surface area contributed by atoms with E-state index < -0.39 is 0 Å². The highest BCUT2D eigenvalue weighted by molar-refractivity contribution is 14.0. The molecule has 5 heteroatoms. The van der Waals surface area contributed by atoms with Crippen molar-refractivity contribution < 1.29 is 5.11 Å². The van der Waals surface area contributed by atoms with E-state index in [-0.39, 0.29) is 36.5 Å². The molecule has 0 heterocycles. The first kappa shape index (κ1) is 22.2. The molecule has 4 nitrogen and oxygen atoms in total. The molecule has 0 bridgehead atoms. The predicted octanol–water partition coefficient (Wildman–Crippen LogP) is 3.65. The number of halogens is 1. The van der Waals surface area contributed by atoms with Crippen LogP contribution in [0.2, 0.25) is 0 Å². The number of benzene rings is 1. The molecular formula is C18H32IN3O. The van der Waals surface area contributed by atoms with E-state index in [1.807, 2.05) is 30.3 Å². The molecule has 1 aromatic carbocycles. The van der Waals surface area contributed by atoms with Gasteiger partial charge in [-0.1, -0.05) is 69.4 Å². The van der Waals surface area contributed by atoms with Crippen molar-refractivity contribution in [2.75, 3.05) is 19.7 Å². The second-order valence-electron chi connectivity index (χ2n) is 5.71. The first-order valence-electron chi connectivity index (χ1n) is 8.47. The number of unbranched alkanes of at least 4 members (excludes halogenated alkanes) is 5. The first-order valence-corrected chi connectivity index (χ1v) is 8.47. The SMILES string of the molecule is CCCCCCCCNC(N)=NCC(CO)c1ccccc1.I. The second kappa shape index (κ2) is 14.8. The van der Waals surface area contributed by atoms with Crippen molar-refractivity contribution in [2.24, 2.45) is 10.7 Å². The predicted molar refractivity (Wildman–Crippen MR) is 110 cm³/mol. The number of guanidine groups is 1. The van der Waals surface area contributed by atoms with Crippen molar-refractivity contribution >= 4 is 29.9 Å². The van der Waals surface area contributed by atoms with Crippen molar-refractivity contribution in [1.82, 2.24) is 5.32 Å². The van der Waals surface area contributed by atoms with Gasteiger partial charge in [0, 0.05) is 12.5 Å². The van der Waals surface area contributed by atoms with E-state index in [1.54, 1.807) is 0 Å². The Kier molecular flexibility index (Phi) is 14.2. The second-order valence-corrected chi connectivity index (χ2v) is 5.71. The van der Waals surface area contributed by atoms with Crippen LogP contribution in [-0.2, 0) is 0 Å². The quantitative estimate of drug-likeness (QED) is 0.216. The summed E-state index contributed by atoms with van der Waals surface area (Å²) in [5.41, 5.74) is 6.97. The summed E-state index contributed by atoms with van der Waals surface area (Å²) in [7, 11) is 0. The number of aliphatic imine (C=N–C) groups is 1. The molecule has 0 fully saturated rings. The van der Waals surface area contributed by atoms with E-state index in [1.165, 1.54) is 32.1 Å². The van der Waals surface area contributed by atoms with Gasteiger partial charge in [0.15, 0.2) is 5.96 Å². The van der Waals surface area contributed by atoms with Crippen LogP contribution in [0.3, 0.4) is 0 Å². The molecule has 0 aliphatic rings. The van der Waals surface area contributed by atoms with Gasteiger partial charge in [-0.25, -0.2) is 0 Å². The highest BCUT2D eigenvalue weighted by atomic mass is 127. The molecular weight excluding hydrogens is 401 g/mol. The molecule has 132 valence electrons. The van der Waals surface area contributed by atoms with Crippen LogP contribution in [0.15, 0.2) is 35.3 Å². The zero-order chi connectivity index (χ0) is 16.0. The first-order chi connectivity index (χ1) is 10.8. The fraction of sp³-hybridized carbons (Fsp3) is 0.611. The van der Waals surface area contributed by atoms with E-state index in [2.05, 4.69) is 17.2 Å². The molecule has 0 aliphatic heterocycles. The van der Waals surface area contributed by atoms with Crippen LogP contribution in [0.4, 0.5) is 0 Å². The summed E-state index contributed by atoms with van der Waals surface area (Å²) < 4.78 is 0. The Bertz CT molecular complexity index is 412. The normalized spacial score (nSPS) is 12.5. The third-order valence-corrected chi connectivity index (χ3v) is 3.81. The number of nitrogens with two attached hydrogens (primary N) is 1. The minimum absolute atomic E-state index is 0. The molecule has 0 aromatic heterocycles. The summed E-state index contributed by atoms with van der Waals surface area (Å²) in [5, 5.41) is 12.6. The van der Waals surface area contributed by atoms with Gasteiger partial charge in [0.1, 0.15) is 0 Å². The van der Waals surface area contributed by atoms with Crippen LogP contribution in [0.1, 0.15) is 56.9 Å². The lowest BCUT2D eigenvalue weighted by molar-refractivity contribution is 0.268. The molecule has 0 spiro atoms. The van der Waals surface area contributed by atoms with Gasteiger partial charge in [0.2, 0.25) is 0 Å². The van der Waals surface area contributed by atoms with E-state index in [0.717, 1.165) is 18.5 Å². The van der Waals surface area contributed by atoms with E-state index >= 15 is 0 Å². The molecule has 1 aromatic rings. The highest BCUT2D eigenvalue weighted by Gasteiger charge is 2.09. The summed E-state index contributed by atoms with van der Waals surface area (Å²) >= 11 is 0. The fourth-order valence-electron chi connectivity index (χ4n) is 2.38. The molecule has 23 heavy (non-hydrogen) atoms. The lowest BCUT2D eigenvalue weighted by Gasteiger charge is -2.12. The van der Waals surface area contributed by atoms with Gasteiger partial charge in [-0.3, -0.25) is 4.99 Å². The topological polar surface area (TPSA) is 70.6 Å². The average Bonchev–Trinajstić information content (AvgIpc) is 2.55. The van der Waals surface area contributed by atoms with Crippen molar-refractivity contribution in [3.05, 3.63) is 35.9 Å². The van der Waals surface area contributed by atoms with Crippen molar-refractivity contribution in [3.8, 4) is 0 Å². The Labute approximate surface area is 158 Å². The maximum absolute atomic E-state index is 9.48. The van der Waals surface area contributed by atoms with Gasteiger partial charge in [-0.2, -0.15) is 0 Å². The van der Waals surface area contributed by atoms with Crippen LogP contribution in [0.5, 0.6) is 0 Å². The lowest BCUT2D eigenvalue weighted by atomic mass is 10.0. The standard InChI is InChI=1S/C18H31N3O.HI/c1-2-3-4-5-6-10-13-20-18(19)21-14-17(15-22)16-11-8-7-9-12-16;/h7-9,11-12,17,22H,2-6,10,13-15H2,1H3,(H3,19,20,21);1H. The summed E-state index contributed by atoms with van der Waals surface area (Å²) in [4.78, 5) is 4.34. The van der Waals surface area contributed by atoms with Crippen molar-refractivity contribution in [2.45, 2.75) is 51.4 Å². The highest BCUT2D eigenvalue weighted by Crippen LogP contribution is 2.14. The van der Waals surface area contributed by atoms with Gasteiger partial charge >= 0.3 is 0 Å².